The fraction of sp³-hybridized carbons (Fsp3) is 0.526. The molecule has 0 aromatic heterocycles. The van der Waals surface area contributed by atoms with Gasteiger partial charge in [-0.1, -0.05) is 11.6 Å². The van der Waals surface area contributed by atoms with Gasteiger partial charge in [-0.15, -0.1) is 0 Å². The van der Waals surface area contributed by atoms with Gasteiger partial charge < -0.3 is 20.2 Å². The average Bonchev–Trinajstić information content (AvgIpc) is 2.57. The van der Waals surface area contributed by atoms with Crippen molar-refractivity contribution < 1.29 is 14.3 Å². The molecule has 7 heteroatoms. The molecule has 2 N–H and O–H groups in total. The smallest absolute Gasteiger partial charge is 0.395 e. The topological polar surface area (TPSA) is 75.8 Å². The van der Waals surface area contributed by atoms with Gasteiger partial charge in [-0.25, -0.2) is 11.4 Å². The van der Waals surface area contributed by atoms with Crippen LogP contribution in [0.15, 0.2) is 12.1 Å². The molecule has 1 aromatic rings. The van der Waals surface area contributed by atoms with Gasteiger partial charge >= 0.3 is 12.0 Å². The average molecular weight is 378 g/mol. The molecule has 26 heavy (non-hydrogen) atoms. The summed E-state index contributed by atoms with van der Waals surface area (Å²) in [5, 5.41) is 11.3. The highest BCUT2D eigenvalue weighted by Crippen LogP contribution is 2.35. The van der Waals surface area contributed by atoms with Crippen molar-refractivity contribution in [3.05, 3.63) is 39.7 Å². The minimum Gasteiger partial charge on any atom is -0.454 e. The van der Waals surface area contributed by atoms with Gasteiger partial charge in [-0.05, 0) is 52.2 Å². The number of carbonyl (C=O) groups excluding carboxylic acids is 1. The Kier molecular flexibility index (Phi) is 6.63. The molecule has 2 atom stereocenters. The highest BCUT2D eigenvalue weighted by atomic mass is 35.5. The number of halogens is 1. The van der Waals surface area contributed by atoms with E-state index in [9.17, 15) is 4.79 Å². The van der Waals surface area contributed by atoms with Crippen LogP contribution >= 0.6 is 11.6 Å². The Morgan fingerprint density at radius 2 is 2.23 bits per heavy atom. The summed E-state index contributed by atoms with van der Waals surface area (Å²) in [6.07, 6.45) is 3.88. The van der Waals surface area contributed by atoms with Gasteiger partial charge in [0.25, 0.3) is 0 Å². The number of hydrogen-bond acceptors (Lipinski definition) is 5. The van der Waals surface area contributed by atoms with Gasteiger partial charge in [0, 0.05) is 24.1 Å². The predicted octanol–water partition coefficient (Wildman–Crippen LogP) is 4.58. The summed E-state index contributed by atoms with van der Waals surface area (Å²) in [6.45, 7) is 13.4. The predicted molar refractivity (Wildman–Crippen MR) is 102 cm³/mol. The Morgan fingerprint density at radius 3 is 2.77 bits per heavy atom. The van der Waals surface area contributed by atoms with Crippen molar-refractivity contribution >= 4 is 29.5 Å². The number of nitrogens with one attached hydrogen (secondary N) is 2. The lowest BCUT2D eigenvalue weighted by Gasteiger charge is -2.26. The summed E-state index contributed by atoms with van der Waals surface area (Å²) in [5.41, 5.74) is 0.581. The van der Waals surface area contributed by atoms with Crippen LogP contribution in [0.2, 0.25) is 5.02 Å². The Labute approximate surface area is 159 Å². The van der Waals surface area contributed by atoms with E-state index in [4.69, 9.17) is 33.1 Å². The van der Waals surface area contributed by atoms with Crippen molar-refractivity contribution in [2.24, 2.45) is 0 Å². The Bertz CT molecular complexity index is 716. The van der Waals surface area contributed by atoms with Crippen molar-refractivity contribution in [1.29, 1.82) is 5.41 Å². The quantitative estimate of drug-likeness (QED) is 0.447. The number of anilines is 1. The molecule has 1 heterocycles. The molecule has 0 saturated carbocycles. The highest BCUT2D eigenvalue weighted by Gasteiger charge is 2.36. The molecule has 1 aromatic carbocycles. The van der Waals surface area contributed by atoms with Crippen LogP contribution in [0.4, 0.5) is 5.69 Å². The molecule has 0 spiro atoms. The van der Waals surface area contributed by atoms with Gasteiger partial charge in [-0.3, -0.25) is 4.85 Å². The number of carbonyl (C=O) groups is 1. The van der Waals surface area contributed by atoms with Crippen LogP contribution in [-0.2, 0) is 14.3 Å². The first-order valence-electron chi connectivity index (χ1n) is 8.57. The fourth-order valence-electron chi connectivity index (χ4n) is 2.79. The summed E-state index contributed by atoms with van der Waals surface area (Å²) in [4.78, 5) is 15.9. The maximum absolute atomic E-state index is 12.5. The van der Waals surface area contributed by atoms with E-state index < -0.39 is 17.6 Å². The summed E-state index contributed by atoms with van der Waals surface area (Å²) >= 11 is 6.30. The zero-order valence-corrected chi connectivity index (χ0v) is 16.0. The maximum atomic E-state index is 12.5. The first-order chi connectivity index (χ1) is 12.3. The molecule has 0 bridgehead atoms. The number of benzene rings is 1. The van der Waals surface area contributed by atoms with Gasteiger partial charge in [-0.2, -0.15) is 0 Å². The summed E-state index contributed by atoms with van der Waals surface area (Å²) in [6, 6.07) is 2.13. The lowest BCUT2D eigenvalue weighted by molar-refractivity contribution is -0.155. The minimum atomic E-state index is -1.23. The van der Waals surface area contributed by atoms with Crippen molar-refractivity contribution in [1.82, 2.24) is 0 Å². The molecule has 6 nitrogen and oxygen atoms in total. The van der Waals surface area contributed by atoms with E-state index in [0.29, 0.717) is 17.9 Å². The van der Waals surface area contributed by atoms with E-state index in [1.807, 2.05) is 0 Å². The second kappa shape index (κ2) is 8.52. The lowest BCUT2D eigenvalue weighted by atomic mass is 9.98. The van der Waals surface area contributed by atoms with E-state index in [2.05, 4.69) is 10.2 Å². The normalized spacial score (nSPS) is 18.5. The largest absolute Gasteiger partial charge is 0.454 e. The SMILES string of the molecule is [C-]#[N+]C(C(=O)OC(C)(C)C)c1c(Cl)ccc(NC2CCCCO2)c1C=N. The van der Waals surface area contributed by atoms with Gasteiger partial charge in [0.2, 0.25) is 0 Å². The van der Waals surface area contributed by atoms with Crippen LogP contribution in [0.3, 0.4) is 0 Å². The first kappa shape index (κ1) is 20.2. The molecule has 0 radical (unpaired) electrons. The van der Waals surface area contributed by atoms with Crippen LogP contribution in [0, 0.1) is 12.0 Å². The lowest BCUT2D eigenvalue weighted by Crippen LogP contribution is -2.29. The third-order valence-electron chi connectivity index (χ3n) is 3.91. The van der Waals surface area contributed by atoms with Gasteiger partial charge in [0.15, 0.2) is 0 Å². The van der Waals surface area contributed by atoms with E-state index in [1.165, 1.54) is 0 Å². The van der Waals surface area contributed by atoms with Crippen molar-refractivity contribution in [3.8, 4) is 0 Å². The third kappa shape index (κ3) is 4.96. The van der Waals surface area contributed by atoms with E-state index in [1.54, 1.807) is 32.9 Å². The van der Waals surface area contributed by atoms with Crippen LogP contribution < -0.4 is 5.32 Å². The Hall–Kier alpha value is -2.10. The number of ether oxygens (including phenoxy) is 2. The molecule has 1 aliphatic heterocycles. The first-order valence-corrected chi connectivity index (χ1v) is 8.95. The Balaban J connectivity index is 2.39. The van der Waals surface area contributed by atoms with Crippen LogP contribution in [0.5, 0.6) is 0 Å². The molecule has 2 unspecified atom stereocenters. The zero-order valence-electron chi connectivity index (χ0n) is 15.3. The second-order valence-electron chi connectivity index (χ2n) is 7.13. The third-order valence-corrected chi connectivity index (χ3v) is 4.24. The van der Waals surface area contributed by atoms with Crippen molar-refractivity contribution in [2.45, 2.75) is 57.9 Å². The van der Waals surface area contributed by atoms with Gasteiger partial charge in [0.05, 0.1) is 10.6 Å². The van der Waals surface area contributed by atoms with Gasteiger partial charge in [0.1, 0.15) is 11.8 Å². The number of hydrogen-bond donors (Lipinski definition) is 2. The second-order valence-corrected chi connectivity index (χ2v) is 7.54. The van der Waals surface area contributed by atoms with E-state index in [0.717, 1.165) is 25.5 Å². The minimum absolute atomic E-state index is 0.163. The molecule has 0 aliphatic carbocycles. The van der Waals surface area contributed by atoms with Crippen LogP contribution in [0.1, 0.15) is 57.2 Å². The molecule has 2 rings (SSSR count). The molecule has 1 aliphatic rings. The van der Waals surface area contributed by atoms with Crippen LogP contribution in [-0.4, -0.2) is 30.6 Å². The summed E-state index contributed by atoms with van der Waals surface area (Å²) in [7, 11) is 0. The Morgan fingerprint density at radius 1 is 1.50 bits per heavy atom. The van der Waals surface area contributed by atoms with E-state index in [-0.39, 0.29) is 16.8 Å². The number of rotatable bonds is 5. The summed E-state index contributed by atoms with van der Waals surface area (Å²) < 4.78 is 11.0. The molecule has 1 saturated heterocycles. The number of nitrogens with zero attached hydrogens (tertiary/aromatic N) is 1. The highest BCUT2D eigenvalue weighted by molar-refractivity contribution is 6.32. The molecule has 1 fully saturated rings. The standard InChI is InChI=1S/C19H24ClN3O3/c1-19(2,3)26-18(24)17(22-4)16-12(11-21)14(9-8-13(16)20)23-15-7-5-6-10-25-15/h8-9,11,15,17,21,23H,5-7,10H2,1-3H3. The molecule has 140 valence electrons. The fourth-order valence-corrected chi connectivity index (χ4v) is 3.06. The summed E-state index contributed by atoms with van der Waals surface area (Å²) in [5.74, 6) is -0.677. The maximum Gasteiger partial charge on any atom is 0.395 e. The molecule has 0 amide bonds. The van der Waals surface area contributed by atoms with Crippen molar-refractivity contribution in [3.63, 3.8) is 0 Å². The monoisotopic (exact) mass is 377 g/mol. The number of esters is 1. The van der Waals surface area contributed by atoms with Crippen LogP contribution in [0.25, 0.3) is 4.85 Å². The van der Waals surface area contributed by atoms with Crippen molar-refractivity contribution in [2.75, 3.05) is 11.9 Å². The zero-order chi connectivity index (χ0) is 19.3. The molecular formula is C19H24ClN3O3. The molecular weight excluding hydrogens is 354 g/mol. The van der Waals surface area contributed by atoms with E-state index >= 15 is 0 Å².